The number of benzene rings is 1. The van der Waals surface area contributed by atoms with E-state index in [1.807, 2.05) is 6.92 Å². The lowest BCUT2D eigenvalue weighted by Gasteiger charge is -2.29. The SMILES string of the molecule is CCCCOc1ccc(F)cc1[C@H](Cn1c(=O)n(C(C)(C)C(=O)NC(C)C)c(=O)c2c(C)c(-n3nccn3)sc21)OCC(C)(C)O. The Kier molecular flexibility index (Phi) is 10.5. The minimum Gasteiger partial charge on any atom is -0.493 e. The standard InChI is InChI=1S/C32H43FN6O6S/c1-9-10-15-44-23-12-11-21(33)16-22(23)24(45-18-31(5,6)43)17-37-28-25(20(4)27(46-28)39-34-13-14-35-39)26(40)38(30(37)42)32(7,8)29(41)36-19(2)3/h11-14,16,19,24,43H,9-10,15,17-18H2,1-8H3,(H,36,41)/t24-/m0/s1. The minimum absolute atomic E-state index is 0.158. The maximum Gasteiger partial charge on any atom is 0.333 e. The number of thiophene rings is 1. The van der Waals surface area contributed by atoms with Crippen LogP contribution in [-0.2, 0) is 21.6 Å². The Balaban J connectivity index is 2.01. The second-order valence-corrected chi connectivity index (χ2v) is 13.7. The van der Waals surface area contributed by atoms with Crippen LogP contribution in [0, 0.1) is 12.7 Å². The molecule has 0 fully saturated rings. The van der Waals surface area contributed by atoms with Crippen molar-refractivity contribution in [2.24, 2.45) is 0 Å². The Morgan fingerprint density at radius 2 is 1.83 bits per heavy atom. The Hall–Kier alpha value is -3.88. The minimum atomic E-state index is -1.59. The van der Waals surface area contributed by atoms with Gasteiger partial charge in [-0.05, 0) is 73.1 Å². The Bertz CT molecular complexity index is 1800. The molecule has 0 unspecified atom stereocenters. The molecule has 3 aromatic heterocycles. The molecule has 1 atom stereocenters. The highest BCUT2D eigenvalue weighted by atomic mass is 32.1. The average Bonchev–Trinajstić information content (AvgIpc) is 3.61. The molecule has 46 heavy (non-hydrogen) atoms. The third-order valence-corrected chi connectivity index (χ3v) is 8.66. The van der Waals surface area contributed by atoms with Gasteiger partial charge in [0.05, 0.1) is 43.1 Å². The molecule has 4 aromatic rings. The second kappa shape index (κ2) is 13.9. The number of aryl methyl sites for hydroxylation is 1. The van der Waals surface area contributed by atoms with Gasteiger partial charge in [-0.3, -0.25) is 14.2 Å². The second-order valence-electron chi connectivity index (χ2n) is 12.7. The molecule has 0 aliphatic heterocycles. The van der Waals surface area contributed by atoms with E-state index in [0.717, 1.165) is 28.7 Å². The number of carbonyl (C=O) groups excluding carboxylic acids is 1. The smallest absolute Gasteiger partial charge is 0.333 e. The molecule has 12 nitrogen and oxygen atoms in total. The van der Waals surface area contributed by atoms with Crippen LogP contribution in [-0.4, -0.2) is 60.0 Å². The van der Waals surface area contributed by atoms with E-state index in [0.29, 0.717) is 33.3 Å². The van der Waals surface area contributed by atoms with E-state index in [4.69, 9.17) is 9.47 Å². The molecule has 1 amide bonds. The van der Waals surface area contributed by atoms with E-state index < -0.39 is 40.2 Å². The van der Waals surface area contributed by atoms with Gasteiger partial charge in [-0.25, -0.2) is 13.8 Å². The summed E-state index contributed by atoms with van der Waals surface area (Å²) in [6.45, 7) is 13.5. The van der Waals surface area contributed by atoms with E-state index in [2.05, 4.69) is 15.5 Å². The van der Waals surface area contributed by atoms with Gasteiger partial charge in [-0.2, -0.15) is 10.2 Å². The molecule has 0 spiro atoms. The number of ether oxygens (including phenoxy) is 2. The van der Waals surface area contributed by atoms with Crippen molar-refractivity contribution in [3.05, 3.63) is 68.4 Å². The number of fused-ring (bicyclic) bond motifs is 1. The lowest BCUT2D eigenvalue weighted by molar-refractivity contribution is -0.129. The Morgan fingerprint density at radius 1 is 1.15 bits per heavy atom. The molecule has 250 valence electrons. The molecule has 4 rings (SSSR count). The van der Waals surface area contributed by atoms with Crippen molar-refractivity contribution in [3.63, 3.8) is 0 Å². The van der Waals surface area contributed by atoms with Gasteiger partial charge in [-0.15, -0.1) is 4.80 Å². The maximum atomic E-state index is 14.8. The number of aliphatic hydroxyl groups is 1. The number of unbranched alkanes of at least 4 members (excludes halogenated alkanes) is 1. The van der Waals surface area contributed by atoms with Crippen molar-refractivity contribution in [3.8, 4) is 10.8 Å². The highest BCUT2D eigenvalue weighted by molar-refractivity contribution is 7.21. The van der Waals surface area contributed by atoms with Crippen LogP contribution in [0.2, 0.25) is 0 Å². The van der Waals surface area contributed by atoms with Crippen LogP contribution in [0.4, 0.5) is 4.39 Å². The van der Waals surface area contributed by atoms with Crippen molar-refractivity contribution in [1.82, 2.24) is 29.4 Å². The largest absolute Gasteiger partial charge is 0.493 e. The van der Waals surface area contributed by atoms with Crippen LogP contribution in [0.25, 0.3) is 15.2 Å². The lowest BCUT2D eigenvalue weighted by atomic mass is 10.0. The van der Waals surface area contributed by atoms with Crippen molar-refractivity contribution < 1.29 is 23.8 Å². The number of rotatable bonds is 14. The highest BCUT2D eigenvalue weighted by Gasteiger charge is 2.36. The van der Waals surface area contributed by atoms with Gasteiger partial charge in [0.2, 0.25) is 5.91 Å². The summed E-state index contributed by atoms with van der Waals surface area (Å²) >= 11 is 1.14. The van der Waals surface area contributed by atoms with Crippen molar-refractivity contribution in [2.45, 2.75) is 98.1 Å². The molecule has 0 bridgehead atoms. The summed E-state index contributed by atoms with van der Waals surface area (Å²) in [6.07, 6.45) is 3.64. The van der Waals surface area contributed by atoms with E-state index >= 15 is 0 Å². The normalized spacial score (nSPS) is 13.0. The molecule has 14 heteroatoms. The van der Waals surface area contributed by atoms with Gasteiger partial charge in [0.25, 0.3) is 5.56 Å². The van der Waals surface area contributed by atoms with Gasteiger partial charge in [0.15, 0.2) is 0 Å². The number of hydrogen-bond acceptors (Lipinski definition) is 9. The van der Waals surface area contributed by atoms with Crippen LogP contribution in [0.15, 0.2) is 40.2 Å². The topological polar surface area (TPSA) is 142 Å². The predicted octanol–water partition coefficient (Wildman–Crippen LogP) is 4.22. The molecule has 1 aromatic carbocycles. The first kappa shape index (κ1) is 35.0. The molecule has 2 N–H and O–H groups in total. The monoisotopic (exact) mass is 658 g/mol. The molecule has 0 aliphatic rings. The number of nitrogens with zero attached hydrogens (tertiary/aromatic N) is 5. The van der Waals surface area contributed by atoms with Crippen LogP contribution in [0.1, 0.15) is 78.5 Å². The summed E-state index contributed by atoms with van der Waals surface area (Å²) in [5, 5.41) is 22.5. The predicted molar refractivity (Wildman–Crippen MR) is 174 cm³/mol. The van der Waals surface area contributed by atoms with E-state index in [1.54, 1.807) is 34.6 Å². The van der Waals surface area contributed by atoms with Crippen LogP contribution in [0.5, 0.6) is 5.75 Å². The van der Waals surface area contributed by atoms with Crippen molar-refractivity contribution in [2.75, 3.05) is 13.2 Å². The van der Waals surface area contributed by atoms with Gasteiger partial charge < -0.3 is 19.9 Å². The zero-order valence-electron chi connectivity index (χ0n) is 27.6. The summed E-state index contributed by atoms with van der Waals surface area (Å²) < 4.78 is 29.3. The fraction of sp³-hybridized carbons (Fsp3) is 0.531. The van der Waals surface area contributed by atoms with E-state index in [-0.39, 0.29) is 24.6 Å². The van der Waals surface area contributed by atoms with Crippen molar-refractivity contribution >= 4 is 27.5 Å². The van der Waals surface area contributed by atoms with Crippen LogP contribution in [0.3, 0.4) is 0 Å². The van der Waals surface area contributed by atoms with Gasteiger partial charge in [-0.1, -0.05) is 24.7 Å². The summed E-state index contributed by atoms with van der Waals surface area (Å²) in [4.78, 5) is 43.8. The summed E-state index contributed by atoms with van der Waals surface area (Å²) in [5.41, 5.74) is -3.41. The zero-order valence-corrected chi connectivity index (χ0v) is 28.4. The number of carbonyl (C=O) groups is 1. The molecule has 0 saturated carbocycles. The van der Waals surface area contributed by atoms with Gasteiger partial charge in [0.1, 0.15) is 33.0 Å². The fourth-order valence-corrected chi connectivity index (χ4v) is 6.20. The average molecular weight is 659 g/mol. The molecular weight excluding hydrogens is 615 g/mol. The first-order valence-corrected chi connectivity index (χ1v) is 16.1. The Labute approximate surface area is 270 Å². The fourth-order valence-electron chi connectivity index (χ4n) is 4.98. The Morgan fingerprint density at radius 3 is 2.43 bits per heavy atom. The molecule has 0 aliphatic carbocycles. The van der Waals surface area contributed by atoms with Gasteiger partial charge in [0, 0.05) is 17.2 Å². The number of nitrogens with one attached hydrogen (secondary N) is 1. The quantitative estimate of drug-likeness (QED) is 0.192. The molecule has 0 saturated heterocycles. The van der Waals surface area contributed by atoms with Crippen molar-refractivity contribution in [1.29, 1.82) is 0 Å². The summed E-state index contributed by atoms with van der Waals surface area (Å²) in [6, 6.07) is 3.83. The first-order valence-electron chi connectivity index (χ1n) is 15.3. The van der Waals surface area contributed by atoms with Gasteiger partial charge >= 0.3 is 5.69 Å². The summed E-state index contributed by atoms with van der Waals surface area (Å²) in [5.74, 6) is -0.683. The molecular formula is C32H43FN6O6S. The highest BCUT2D eigenvalue weighted by Crippen LogP contribution is 2.35. The zero-order chi connectivity index (χ0) is 34.0. The third kappa shape index (κ3) is 7.39. The van der Waals surface area contributed by atoms with E-state index in [1.165, 1.54) is 53.8 Å². The number of hydrogen-bond donors (Lipinski definition) is 2. The maximum absolute atomic E-state index is 14.8. The summed E-state index contributed by atoms with van der Waals surface area (Å²) in [7, 11) is 0. The first-order chi connectivity index (χ1) is 21.6. The van der Waals surface area contributed by atoms with E-state index in [9.17, 15) is 23.9 Å². The van der Waals surface area contributed by atoms with Crippen LogP contribution >= 0.6 is 11.3 Å². The number of aromatic nitrogens is 5. The third-order valence-electron chi connectivity index (χ3n) is 7.38. The lowest BCUT2D eigenvalue weighted by Crippen LogP contribution is -2.56. The van der Waals surface area contributed by atoms with Crippen LogP contribution < -0.4 is 21.3 Å². The molecule has 0 radical (unpaired) electrons. The number of halogens is 1. The number of amides is 1. The molecule has 3 heterocycles.